The van der Waals surface area contributed by atoms with Crippen molar-refractivity contribution in [2.75, 3.05) is 0 Å². The number of hydrogen-bond donors (Lipinski definition) is 3. The van der Waals surface area contributed by atoms with Crippen molar-refractivity contribution >= 4 is 11.0 Å². The summed E-state index contributed by atoms with van der Waals surface area (Å²) in [6.07, 6.45) is 0. The summed E-state index contributed by atoms with van der Waals surface area (Å²) < 4.78 is 0.453. The number of aromatic nitrogens is 2. The number of aromatic amines is 1. The van der Waals surface area contributed by atoms with E-state index in [-0.39, 0.29) is 11.3 Å². The van der Waals surface area contributed by atoms with Crippen LogP contribution < -0.4 is 5.69 Å². The first-order chi connectivity index (χ1) is 5.68. The van der Waals surface area contributed by atoms with E-state index in [0.717, 1.165) is 0 Å². The van der Waals surface area contributed by atoms with Crippen molar-refractivity contribution in [2.24, 2.45) is 0 Å². The second kappa shape index (κ2) is 2.04. The number of fused-ring (bicyclic) bond motifs is 1. The van der Waals surface area contributed by atoms with E-state index in [2.05, 4.69) is 4.98 Å². The first-order valence-corrected chi connectivity index (χ1v) is 3.31. The van der Waals surface area contributed by atoms with Gasteiger partial charge in [0.2, 0.25) is 0 Å². The Morgan fingerprint density at radius 2 is 2.17 bits per heavy atom. The van der Waals surface area contributed by atoms with Gasteiger partial charge in [-0.3, -0.25) is 0 Å². The standard InChI is InChI=1S/C7H6N2O3/c10-4-1-2-5-6(3-4)9(12)7(11)8-5/h1-3,10,12H,(H,8,11). The van der Waals surface area contributed by atoms with Crippen molar-refractivity contribution in [1.82, 2.24) is 9.71 Å². The molecule has 62 valence electrons. The lowest BCUT2D eigenvalue weighted by atomic mass is 10.3. The smallest absolute Gasteiger partial charge is 0.359 e. The fourth-order valence-electron chi connectivity index (χ4n) is 1.08. The highest BCUT2D eigenvalue weighted by molar-refractivity contribution is 5.76. The summed E-state index contributed by atoms with van der Waals surface area (Å²) in [5.74, 6) is 0.00398. The maximum atomic E-state index is 10.8. The molecule has 2 rings (SSSR count). The Balaban J connectivity index is 2.98. The fourth-order valence-corrected chi connectivity index (χ4v) is 1.08. The molecule has 0 spiro atoms. The number of benzene rings is 1. The summed E-state index contributed by atoms with van der Waals surface area (Å²) in [4.78, 5) is 13.2. The number of nitrogens with zero attached hydrogens (tertiary/aromatic N) is 1. The molecule has 5 nitrogen and oxygen atoms in total. The van der Waals surface area contributed by atoms with E-state index in [1.54, 1.807) is 0 Å². The molecule has 3 N–H and O–H groups in total. The maximum Gasteiger partial charge on any atom is 0.359 e. The molecule has 0 aliphatic heterocycles. The maximum absolute atomic E-state index is 10.8. The summed E-state index contributed by atoms with van der Waals surface area (Å²) in [5.41, 5.74) is 0.135. The minimum Gasteiger partial charge on any atom is -0.508 e. The highest BCUT2D eigenvalue weighted by Gasteiger charge is 2.04. The lowest BCUT2D eigenvalue weighted by molar-refractivity contribution is 0.188. The number of phenols is 1. The zero-order valence-corrected chi connectivity index (χ0v) is 5.98. The molecule has 0 radical (unpaired) electrons. The average Bonchev–Trinajstić information content (AvgIpc) is 2.31. The number of rotatable bonds is 0. The third-order valence-electron chi connectivity index (χ3n) is 1.64. The zero-order chi connectivity index (χ0) is 8.72. The van der Waals surface area contributed by atoms with Crippen molar-refractivity contribution in [1.29, 1.82) is 0 Å². The molecule has 0 aliphatic carbocycles. The Labute approximate surface area is 66.5 Å². The Morgan fingerprint density at radius 1 is 1.42 bits per heavy atom. The number of aromatic hydroxyl groups is 1. The number of phenolic OH excluding ortho intramolecular Hbond substituents is 1. The molecule has 1 heterocycles. The van der Waals surface area contributed by atoms with Gasteiger partial charge in [-0.2, -0.15) is 0 Å². The van der Waals surface area contributed by atoms with E-state index < -0.39 is 5.69 Å². The Kier molecular flexibility index (Phi) is 1.15. The van der Waals surface area contributed by atoms with Crippen LogP contribution in [0, 0.1) is 0 Å². The number of nitrogens with one attached hydrogen (secondary N) is 1. The predicted molar refractivity (Wildman–Crippen MR) is 41.4 cm³/mol. The summed E-state index contributed by atoms with van der Waals surface area (Å²) in [5, 5.41) is 18.1. The quantitative estimate of drug-likeness (QED) is 0.491. The van der Waals surface area contributed by atoms with Crippen LogP contribution in [0.3, 0.4) is 0 Å². The lowest BCUT2D eigenvalue weighted by Crippen LogP contribution is -2.12. The van der Waals surface area contributed by atoms with Gasteiger partial charge in [-0.15, -0.1) is 4.73 Å². The van der Waals surface area contributed by atoms with Crippen molar-refractivity contribution in [3.8, 4) is 5.75 Å². The number of imidazole rings is 1. The zero-order valence-electron chi connectivity index (χ0n) is 5.98. The summed E-state index contributed by atoms with van der Waals surface area (Å²) in [6, 6.07) is 4.24. The van der Waals surface area contributed by atoms with Crippen LogP contribution >= 0.6 is 0 Å². The van der Waals surface area contributed by atoms with Gasteiger partial charge in [-0.25, -0.2) is 4.79 Å². The van der Waals surface area contributed by atoms with Gasteiger partial charge < -0.3 is 15.3 Å². The van der Waals surface area contributed by atoms with Gasteiger partial charge in [-0.1, -0.05) is 0 Å². The third kappa shape index (κ3) is 0.763. The lowest BCUT2D eigenvalue weighted by Gasteiger charge is -1.92. The molecular formula is C7H6N2O3. The Bertz CT molecular complexity index is 483. The monoisotopic (exact) mass is 166 g/mol. The Hall–Kier alpha value is -1.91. The third-order valence-corrected chi connectivity index (χ3v) is 1.64. The first-order valence-electron chi connectivity index (χ1n) is 3.31. The predicted octanol–water partition coefficient (Wildman–Crippen LogP) is 0.272. The molecule has 12 heavy (non-hydrogen) atoms. The highest BCUT2D eigenvalue weighted by atomic mass is 16.5. The molecule has 1 aromatic carbocycles. The second-order valence-corrected chi connectivity index (χ2v) is 2.44. The van der Waals surface area contributed by atoms with Gasteiger partial charge in [0.25, 0.3) is 0 Å². The van der Waals surface area contributed by atoms with E-state index in [1.807, 2.05) is 0 Å². The molecule has 0 saturated heterocycles. The molecule has 0 unspecified atom stereocenters. The van der Waals surface area contributed by atoms with Crippen molar-refractivity contribution < 1.29 is 10.3 Å². The van der Waals surface area contributed by atoms with E-state index in [0.29, 0.717) is 10.2 Å². The highest BCUT2D eigenvalue weighted by Crippen LogP contribution is 2.15. The molecule has 1 aromatic heterocycles. The van der Waals surface area contributed by atoms with Gasteiger partial charge in [0.1, 0.15) is 11.3 Å². The number of hydrogen-bond acceptors (Lipinski definition) is 3. The Morgan fingerprint density at radius 3 is 2.92 bits per heavy atom. The van der Waals surface area contributed by atoms with Crippen LogP contribution in [0.1, 0.15) is 0 Å². The molecule has 0 atom stereocenters. The molecule has 2 aromatic rings. The largest absolute Gasteiger partial charge is 0.508 e. The fraction of sp³-hybridized carbons (Fsp3) is 0. The molecule has 0 amide bonds. The second-order valence-electron chi connectivity index (χ2n) is 2.44. The van der Waals surface area contributed by atoms with Gasteiger partial charge in [0.15, 0.2) is 0 Å². The van der Waals surface area contributed by atoms with Crippen molar-refractivity contribution in [2.45, 2.75) is 0 Å². The summed E-state index contributed by atoms with van der Waals surface area (Å²) in [7, 11) is 0. The normalized spacial score (nSPS) is 10.7. The van der Waals surface area contributed by atoms with Crippen LogP contribution in [0.25, 0.3) is 11.0 Å². The molecule has 0 saturated carbocycles. The molecule has 0 aliphatic rings. The van der Waals surface area contributed by atoms with E-state index in [1.165, 1.54) is 18.2 Å². The van der Waals surface area contributed by atoms with Crippen LogP contribution in [0.15, 0.2) is 23.0 Å². The summed E-state index contributed by atoms with van der Waals surface area (Å²) >= 11 is 0. The summed E-state index contributed by atoms with van der Waals surface area (Å²) in [6.45, 7) is 0. The molecule has 5 heteroatoms. The van der Waals surface area contributed by atoms with Crippen LogP contribution in [0.5, 0.6) is 5.75 Å². The van der Waals surface area contributed by atoms with Crippen molar-refractivity contribution in [3.05, 3.63) is 28.7 Å². The van der Waals surface area contributed by atoms with Crippen molar-refractivity contribution in [3.63, 3.8) is 0 Å². The molecule has 0 bridgehead atoms. The average molecular weight is 166 g/mol. The van der Waals surface area contributed by atoms with Crippen LogP contribution in [0.2, 0.25) is 0 Å². The topological polar surface area (TPSA) is 78.2 Å². The first kappa shape index (κ1) is 6.78. The van der Waals surface area contributed by atoms with Crippen LogP contribution in [0.4, 0.5) is 0 Å². The van der Waals surface area contributed by atoms with Gasteiger partial charge in [0.05, 0.1) is 5.52 Å². The van der Waals surface area contributed by atoms with Gasteiger partial charge in [0, 0.05) is 6.07 Å². The molecule has 0 fully saturated rings. The van der Waals surface area contributed by atoms with Crippen LogP contribution in [-0.2, 0) is 0 Å². The van der Waals surface area contributed by atoms with E-state index >= 15 is 0 Å². The number of H-pyrrole nitrogens is 1. The van der Waals surface area contributed by atoms with E-state index in [9.17, 15) is 4.79 Å². The van der Waals surface area contributed by atoms with E-state index in [4.69, 9.17) is 10.3 Å². The SMILES string of the molecule is O=c1[nH]c2ccc(O)cc2n1O. The minimum atomic E-state index is -0.615. The molecular weight excluding hydrogens is 160 g/mol. The van der Waals surface area contributed by atoms with Gasteiger partial charge >= 0.3 is 5.69 Å². The van der Waals surface area contributed by atoms with Crippen LogP contribution in [-0.4, -0.2) is 20.0 Å². The van der Waals surface area contributed by atoms with Gasteiger partial charge in [-0.05, 0) is 12.1 Å². The minimum absolute atomic E-state index is 0.00398.